The first-order chi connectivity index (χ1) is 8.77. The van der Waals surface area contributed by atoms with Crippen molar-refractivity contribution in [3.63, 3.8) is 0 Å². The fraction of sp³-hybridized carbons (Fsp3) is 0.133. The molecule has 1 atom stereocenters. The van der Waals surface area contributed by atoms with Crippen molar-refractivity contribution in [2.75, 3.05) is 0 Å². The summed E-state index contributed by atoms with van der Waals surface area (Å²) in [6.45, 7) is 0.739. The molecule has 0 aromatic heterocycles. The van der Waals surface area contributed by atoms with Crippen LogP contribution < -0.4 is 11.1 Å². The lowest BCUT2D eigenvalue weighted by atomic mass is 10.1. The third-order valence-corrected chi connectivity index (χ3v) is 2.90. The molecule has 92 valence electrons. The fourth-order valence-electron chi connectivity index (χ4n) is 1.94. The molecule has 1 amide bonds. The first-order valence-electron chi connectivity index (χ1n) is 5.99. The predicted octanol–water partition coefficient (Wildman–Crippen LogP) is 0.977. The number of hydrogen-bond acceptors (Lipinski definition) is 1. The summed E-state index contributed by atoms with van der Waals surface area (Å²) in [5.74, 6) is -0.308. The zero-order valence-corrected chi connectivity index (χ0v) is 10.1. The summed E-state index contributed by atoms with van der Waals surface area (Å²) in [6.07, 6.45) is 0. The van der Waals surface area contributed by atoms with Gasteiger partial charge in [-0.15, -0.1) is 0 Å². The lowest BCUT2D eigenvalue weighted by Gasteiger charge is -2.12. The van der Waals surface area contributed by atoms with Crippen LogP contribution in [0.4, 0.5) is 0 Å². The van der Waals surface area contributed by atoms with Crippen molar-refractivity contribution in [3.05, 3.63) is 71.8 Å². The van der Waals surface area contributed by atoms with Gasteiger partial charge in [0.1, 0.15) is 6.54 Å². The molecule has 2 aromatic carbocycles. The number of carbonyl (C=O) groups excluding carboxylic acids is 1. The van der Waals surface area contributed by atoms with Crippen molar-refractivity contribution in [1.29, 1.82) is 0 Å². The molecule has 18 heavy (non-hydrogen) atoms. The van der Waals surface area contributed by atoms with Crippen LogP contribution in [0.3, 0.4) is 0 Å². The van der Waals surface area contributed by atoms with E-state index in [2.05, 4.69) is 0 Å². The molecule has 3 nitrogen and oxygen atoms in total. The third kappa shape index (κ3) is 3.18. The molecule has 4 N–H and O–H groups in total. The summed E-state index contributed by atoms with van der Waals surface area (Å²) in [5.41, 5.74) is 7.59. The minimum atomic E-state index is -0.327. The van der Waals surface area contributed by atoms with Crippen molar-refractivity contribution in [2.45, 2.75) is 12.6 Å². The number of benzene rings is 2. The molecule has 1 unspecified atom stereocenters. The van der Waals surface area contributed by atoms with Gasteiger partial charge in [-0.25, -0.2) is 0 Å². The van der Waals surface area contributed by atoms with E-state index in [9.17, 15) is 4.79 Å². The molecule has 0 bridgehead atoms. The monoisotopic (exact) mass is 241 g/mol. The fourth-order valence-corrected chi connectivity index (χ4v) is 1.94. The number of rotatable bonds is 5. The molecule has 2 aromatic rings. The van der Waals surface area contributed by atoms with E-state index in [-0.39, 0.29) is 11.9 Å². The Morgan fingerprint density at radius 3 is 2.11 bits per heavy atom. The Morgan fingerprint density at radius 2 is 1.56 bits per heavy atom. The molecule has 3 heteroatoms. The van der Waals surface area contributed by atoms with Gasteiger partial charge >= 0.3 is 0 Å². The van der Waals surface area contributed by atoms with E-state index in [1.165, 1.54) is 5.56 Å². The standard InChI is InChI=1S/C15H16N2O/c16-15(18)14(13-9-5-2-6-10-13)17-11-12-7-3-1-4-8-12/h1-10,14,17H,11H2,(H2,16,18)/p+1. The highest BCUT2D eigenvalue weighted by molar-refractivity contribution is 5.79. The second kappa shape index (κ2) is 5.98. The van der Waals surface area contributed by atoms with Gasteiger partial charge in [0.2, 0.25) is 0 Å². The highest BCUT2D eigenvalue weighted by atomic mass is 16.1. The van der Waals surface area contributed by atoms with Crippen LogP contribution >= 0.6 is 0 Å². The number of amides is 1. The average molecular weight is 241 g/mol. The molecule has 0 saturated heterocycles. The zero-order valence-electron chi connectivity index (χ0n) is 10.1. The lowest BCUT2D eigenvalue weighted by molar-refractivity contribution is -0.698. The summed E-state index contributed by atoms with van der Waals surface area (Å²) in [5, 5.41) is 1.97. The zero-order chi connectivity index (χ0) is 12.8. The summed E-state index contributed by atoms with van der Waals surface area (Å²) in [4.78, 5) is 11.5. The lowest BCUT2D eigenvalue weighted by Crippen LogP contribution is -2.86. The number of nitrogens with two attached hydrogens (primary N) is 2. The Kier molecular flexibility index (Phi) is 4.10. The molecule has 0 spiro atoms. The SMILES string of the molecule is NC(=O)C([NH2+]Cc1ccccc1)c1ccccc1. The molecule has 0 radical (unpaired) electrons. The Hall–Kier alpha value is -2.13. The quantitative estimate of drug-likeness (QED) is 0.805. The number of primary amides is 1. The third-order valence-electron chi connectivity index (χ3n) is 2.90. The van der Waals surface area contributed by atoms with Crippen molar-refractivity contribution in [1.82, 2.24) is 0 Å². The second-order valence-electron chi connectivity index (χ2n) is 4.22. The number of carbonyl (C=O) groups is 1. The molecular formula is C15H17N2O+. The van der Waals surface area contributed by atoms with Gasteiger partial charge in [0.05, 0.1) is 0 Å². The Labute approximate surface area is 107 Å². The van der Waals surface area contributed by atoms with Gasteiger partial charge in [-0.2, -0.15) is 0 Å². The number of quaternary nitrogens is 1. The van der Waals surface area contributed by atoms with Crippen molar-refractivity contribution in [3.8, 4) is 0 Å². The second-order valence-corrected chi connectivity index (χ2v) is 4.22. The maximum atomic E-state index is 11.5. The first kappa shape index (κ1) is 12.3. The molecule has 0 saturated carbocycles. The average Bonchev–Trinajstić information content (AvgIpc) is 2.41. The minimum absolute atomic E-state index is 0.308. The molecule has 2 rings (SSSR count). The van der Waals surface area contributed by atoms with Crippen molar-refractivity contribution >= 4 is 5.91 Å². The van der Waals surface area contributed by atoms with Gasteiger partial charge in [0.25, 0.3) is 5.91 Å². The smallest absolute Gasteiger partial charge is 0.280 e. The summed E-state index contributed by atoms with van der Waals surface area (Å²) in [7, 11) is 0. The van der Waals surface area contributed by atoms with E-state index >= 15 is 0 Å². The summed E-state index contributed by atoms with van der Waals surface area (Å²) < 4.78 is 0. The van der Waals surface area contributed by atoms with Gasteiger partial charge in [0.15, 0.2) is 6.04 Å². The molecule has 0 aliphatic carbocycles. The molecule has 0 heterocycles. The van der Waals surface area contributed by atoms with Crippen LogP contribution in [0.25, 0.3) is 0 Å². The Morgan fingerprint density at radius 1 is 1.00 bits per heavy atom. The van der Waals surface area contributed by atoms with Crippen LogP contribution in [-0.2, 0) is 11.3 Å². The molecule has 0 fully saturated rings. The number of hydrogen-bond donors (Lipinski definition) is 2. The summed E-state index contributed by atoms with van der Waals surface area (Å²) in [6, 6.07) is 19.3. The normalized spacial score (nSPS) is 12.0. The highest BCUT2D eigenvalue weighted by Crippen LogP contribution is 2.07. The van der Waals surface area contributed by atoms with Gasteiger partial charge in [0, 0.05) is 11.1 Å². The van der Waals surface area contributed by atoms with Crippen LogP contribution in [0.15, 0.2) is 60.7 Å². The van der Waals surface area contributed by atoms with Crippen molar-refractivity contribution < 1.29 is 10.1 Å². The molecular weight excluding hydrogens is 224 g/mol. The highest BCUT2D eigenvalue weighted by Gasteiger charge is 2.20. The van der Waals surface area contributed by atoms with Crippen LogP contribution in [0.5, 0.6) is 0 Å². The van der Waals surface area contributed by atoms with Gasteiger partial charge in [-0.05, 0) is 0 Å². The van der Waals surface area contributed by atoms with E-state index in [4.69, 9.17) is 5.73 Å². The maximum absolute atomic E-state index is 11.5. The topological polar surface area (TPSA) is 59.7 Å². The van der Waals surface area contributed by atoms with E-state index in [1.54, 1.807) is 0 Å². The van der Waals surface area contributed by atoms with Crippen LogP contribution in [-0.4, -0.2) is 5.91 Å². The van der Waals surface area contributed by atoms with E-state index in [1.807, 2.05) is 66.0 Å². The Balaban J connectivity index is 2.06. The van der Waals surface area contributed by atoms with Crippen LogP contribution in [0.1, 0.15) is 17.2 Å². The van der Waals surface area contributed by atoms with E-state index in [0.29, 0.717) is 0 Å². The largest absolute Gasteiger partial charge is 0.364 e. The van der Waals surface area contributed by atoms with Gasteiger partial charge < -0.3 is 11.1 Å². The summed E-state index contributed by atoms with van der Waals surface area (Å²) >= 11 is 0. The van der Waals surface area contributed by atoms with E-state index in [0.717, 1.165) is 12.1 Å². The predicted molar refractivity (Wildman–Crippen MR) is 70.4 cm³/mol. The van der Waals surface area contributed by atoms with E-state index < -0.39 is 0 Å². The van der Waals surface area contributed by atoms with Crippen LogP contribution in [0, 0.1) is 0 Å². The molecule has 0 aliphatic rings. The van der Waals surface area contributed by atoms with Crippen molar-refractivity contribution in [2.24, 2.45) is 5.73 Å². The van der Waals surface area contributed by atoms with Gasteiger partial charge in [-0.3, -0.25) is 4.79 Å². The Bertz CT molecular complexity index is 496. The maximum Gasteiger partial charge on any atom is 0.280 e. The molecule has 0 aliphatic heterocycles. The van der Waals surface area contributed by atoms with Crippen LogP contribution in [0.2, 0.25) is 0 Å². The van der Waals surface area contributed by atoms with Gasteiger partial charge in [-0.1, -0.05) is 60.7 Å². The minimum Gasteiger partial charge on any atom is -0.364 e. The first-order valence-corrected chi connectivity index (χ1v) is 5.99.